The Hall–Kier alpha value is -3.60. The van der Waals surface area contributed by atoms with Gasteiger partial charge in [-0.05, 0) is 73.2 Å². The number of anilines is 1. The molecule has 8 nitrogen and oxygen atoms in total. The van der Waals surface area contributed by atoms with Crippen LogP contribution < -0.4 is 5.32 Å². The second kappa shape index (κ2) is 12.8. The SMILES string of the molecule is Cc1cc(CC(c2ccccn2)N2CCC(N3Cc4cccc(F)c4NC3=O)CC2)cc2cn(COCC[Si](C)(C)C)nc12. The van der Waals surface area contributed by atoms with Crippen molar-refractivity contribution in [3.05, 3.63) is 89.1 Å². The Bertz CT molecular complexity index is 1610. The molecule has 1 unspecified atom stereocenters. The first kappa shape index (κ1) is 30.4. The van der Waals surface area contributed by atoms with E-state index >= 15 is 0 Å². The van der Waals surface area contributed by atoms with E-state index in [1.54, 1.807) is 6.07 Å². The van der Waals surface area contributed by atoms with E-state index in [0.717, 1.165) is 72.7 Å². The number of aromatic nitrogens is 3. The van der Waals surface area contributed by atoms with Crippen LogP contribution in [0.25, 0.3) is 10.9 Å². The van der Waals surface area contributed by atoms with Crippen molar-refractivity contribution in [3.8, 4) is 0 Å². The smallest absolute Gasteiger partial charge is 0.322 e. The summed E-state index contributed by atoms with van der Waals surface area (Å²) in [5.74, 6) is -0.380. The number of urea groups is 1. The Morgan fingerprint density at radius 3 is 2.68 bits per heavy atom. The van der Waals surface area contributed by atoms with Crippen LogP contribution in [-0.2, 0) is 24.4 Å². The molecule has 10 heteroatoms. The molecule has 1 N–H and O–H groups in total. The molecular weight excluding hydrogens is 571 g/mol. The number of ether oxygens (including phenoxy) is 1. The predicted octanol–water partition coefficient (Wildman–Crippen LogP) is 6.99. The fourth-order valence-corrected chi connectivity index (χ4v) is 7.21. The van der Waals surface area contributed by atoms with Gasteiger partial charge in [0, 0.05) is 58.1 Å². The number of benzene rings is 2. The number of aryl methyl sites for hydroxylation is 1. The highest BCUT2D eigenvalue weighted by Crippen LogP contribution is 2.33. The topological polar surface area (TPSA) is 75.5 Å². The van der Waals surface area contributed by atoms with Gasteiger partial charge in [0.2, 0.25) is 0 Å². The molecule has 44 heavy (non-hydrogen) atoms. The van der Waals surface area contributed by atoms with E-state index in [4.69, 9.17) is 14.8 Å². The summed E-state index contributed by atoms with van der Waals surface area (Å²) in [4.78, 5) is 22.1. The largest absolute Gasteiger partial charge is 0.360 e. The van der Waals surface area contributed by atoms with Gasteiger partial charge in [-0.15, -0.1) is 0 Å². The molecule has 0 saturated carbocycles. The Labute approximate surface area is 260 Å². The van der Waals surface area contributed by atoms with Crippen LogP contribution >= 0.6 is 0 Å². The molecule has 232 valence electrons. The number of pyridine rings is 1. The molecule has 2 aromatic carbocycles. The number of hydrogen-bond acceptors (Lipinski definition) is 5. The number of nitrogens with zero attached hydrogens (tertiary/aromatic N) is 5. The van der Waals surface area contributed by atoms with Crippen molar-refractivity contribution in [2.45, 2.75) is 77.2 Å². The standard InChI is InChI=1S/C34H43FN6O2Si/c1-24-18-25(19-27-21-40(38-32(24)27)23-43-16-17-44(2,3)4)20-31(30-10-5-6-13-36-30)39-14-11-28(12-15-39)41-22-26-8-7-9-29(35)33(26)37-34(41)42/h5-10,13,18-19,21,28,31H,11-12,14-17,20,22-23H2,1-4H3,(H,37,42). The molecule has 6 rings (SSSR count). The van der Waals surface area contributed by atoms with Crippen LogP contribution in [0.5, 0.6) is 0 Å². The lowest BCUT2D eigenvalue weighted by Gasteiger charge is -2.42. The van der Waals surface area contributed by atoms with Gasteiger partial charge in [-0.2, -0.15) is 5.10 Å². The summed E-state index contributed by atoms with van der Waals surface area (Å²) in [5.41, 5.74) is 5.61. The van der Waals surface area contributed by atoms with Crippen LogP contribution in [0.1, 0.15) is 41.3 Å². The number of nitrogens with one attached hydrogen (secondary N) is 1. The van der Waals surface area contributed by atoms with E-state index in [-0.39, 0.29) is 23.9 Å². The van der Waals surface area contributed by atoms with Crippen molar-refractivity contribution < 1.29 is 13.9 Å². The van der Waals surface area contributed by atoms with E-state index < -0.39 is 8.07 Å². The van der Waals surface area contributed by atoms with E-state index in [1.807, 2.05) is 27.9 Å². The van der Waals surface area contributed by atoms with Crippen molar-refractivity contribution in [3.63, 3.8) is 0 Å². The fraction of sp³-hybridized carbons (Fsp3) is 0.441. The number of hydrogen-bond donors (Lipinski definition) is 1. The molecule has 4 heterocycles. The second-order valence-electron chi connectivity index (χ2n) is 13.4. The Morgan fingerprint density at radius 1 is 1.11 bits per heavy atom. The highest BCUT2D eigenvalue weighted by atomic mass is 28.3. The van der Waals surface area contributed by atoms with E-state index in [9.17, 15) is 9.18 Å². The minimum Gasteiger partial charge on any atom is -0.360 e. The zero-order valence-corrected chi connectivity index (χ0v) is 27.2. The first-order valence-corrected chi connectivity index (χ1v) is 19.4. The maximum atomic E-state index is 14.3. The van der Waals surface area contributed by atoms with Crippen LogP contribution in [0, 0.1) is 12.7 Å². The molecule has 4 aromatic rings. The average Bonchev–Trinajstić information content (AvgIpc) is 3.42. The van der Waals surface area contributed by atoms with Gasteiger partial charge in [-0.25, -0.2) is 13.9 Å². The van der Waals surface area contributed by atoms with Crippen LogP contribution in [-0.4, -0.2) is 64.4 Å². The second-order valence-corrected chi connectivity index (χ2v) is 19.1. The maximum Gasteiger partial charge on any atom is 0.322 e. The molecule has 0 spiro atoms. The average molecular weight is 615 g/mol. The van der Waals surface area contributed by atoms with Crippen LogP contribution in [0.2, 0.25) is 25.7 Å². The number of amides is 2. The molecule has 0 radical (unpaired) electrons. The number of likely N-dealkylation sites (tertiary alicyclic amines) is 1. The molecule has 2 amide bonds. The molecule has 1 saturated heterocycles. The maximum absolute atomic E-state index is 14.3. The summed E-state index contributed by atoms with van der Waals surface area (Å²) in [6.45, 7) is 12.6. The quantitative estimate of drug-likeness (QED) is 0.154. The molecule has 2 aliphatic rings. The number of piperidine rings is 1. The lowest BCUT2D eigenvalue weighted by molar-refractivity contribution is 0.0791. The predicted molar refractivity (Wildman–Crippen MR) is 175 cm³/mol. The minimum atomic E-state index is -1.13. The van der Waals surface area contributed by atoms with Crippen molar-refractivity contribution in [2.75, 3.05) is 25.0 Å². The summed E-state index contributed by atoms with van der Waals surface area (Å²) in [6, 6.07) is 16.8. The van der Waals surface area contributed by atoms with E-state index in [0.29, 0.717) is 19.0 Å². The normalized spacial score (nSPS) is 17.1. The number of fused-ring (bicyclic) bond motifs is 2. The van der Waals surface area contributed by atoms with Gasteiger partial charge < -0.3 is 15.0 Å². The molecule has 1 atom stereocenters. The van der Waals surface area contributed by atoms with Gasteiger partial charge in [0.1, 0.15) is 12.5 Å². The molecule has 2 aromatic heterocycles. The third kappa shape index (κ3) is 6.87. The number of halogens is 1. The van der Waals surface area contributed by atoms with Gasteiger partial charge >= 0.3 is 6.03 Å². The van der Waals surface area contributed by atoms with Gasteiger partial charge in [-0.3, -0.25) is 9.88 Å². The molecular formula is C34H43FN6O2Si. The summed E-state index contributed by atoms with van der Waals surface area (Å²) < 4.78 is 22.1. The van der Waals surface area contributed by atoms with Crippen molar-refractivity contribution in [1.29, 1.82) is 0 Å². The Balaban J connectivity index is 1.15. The monoisotopic (exact) mass is 614 g/mol. The van der Waals surface area contributed by atoms with Crippen molar-refractivity contribution in [1.82, 2.24) is 24.6 Å². The van der Waals surface area contributed by atoms with Gasteiger partial charge in [0.15, 0.2) is 0 Å². The summed E-state index contributed by atoms with van der Waals surface area (Å²) in [5, 5.41) is 8.72. The third-order valence-corrected chi connectivity index (χ3v) is 10.6. The zero-order valence-electron chi connectivity index (χ0n) is 26.2. The van der Waals surface area contributed by atoms with Crippen LogP contribution in [0.4, 0.5) is 14.9 Å². The van der Waals surface area contributed by atoms with E-state index in [2.05, 4.69) is 67.2 Å². The molecule has 0 aliphatic carbocycles. The summed E-state index contributed by atoms with van der Waals surface area (Å²) in [6.07, 6.45) is 6.49. The van der Waals surface area contributed by atoms with Crippen LogP contribution in [0.15, 0.2) is 60.9 Å². The lowest BCUT2D eigenvalue weighted by Crippen LogP contribution is -2.51. The third-order valence-electron chi connectivity index (χ3n) is 8.90. The lowest BCUT2D eigenvalue weighted by atomic mass is 9.94. The van der Waals surface area contributed by atoms with Gasteiger partial charge in [0.05, 0.1) is 22.9 Å². The highest BCUT2D eigenvalue weighted by Gasteiger charge is 2.34. The number of rotatable bonds is 10. The Morgan fingerprint density at radius 2 is 1.93 bits per heavy atom. The van der Waals surface area contributed by atoms with Crippen molar-refractivity contribution >= 4 is 30.7 Å². The number of carbonyl (C=O) groups is 1. The zero-order chi connectivity index (χ0) is 30.8. The van der Waals surface area contributed by atoms with Crippen molar-refractivity contribution in [2.24, 2.45) is 0 Å². The van der Waals surface area contributed by atoms with E-state index in [1.165, 1.54) is 11.6 Å². The summed E-state index contributed by atoms with van der Waals surface area (Å²) >= 11 is 0. The Kier molecular flexibility index (Phi) is 8.84. The number of para-hydroxylation sites is 1. The first-order valence-electron chi connectivity index (χ1n) is 15.7. The van der Waals surface area contributed by atoms with Crippen LogP contribution in [0.3, 0.4) is 0 Å². The summed E-state index contributed by atoms with van der Waals surface area (Å²) in [7, 11) is -1.13. The molecule has 1 fully saturated rings. The van der Waals surface area contributed by atoms with Gasteiger partial charge in [0.25, 0.3) is 0 Å². The molecule has 2 aliphatic heterocycles. The number of carbonyl (C=O) groups excluding carboxylic acids is 1. The van der Waals surface area contributed by atoms with Gasteiger partial charge in [-0.1, -0.05) is 43.9 Å². The highest BCUT2D eigenvalue weighted by molar-refractivity contribution is 6.76. The molecule has 0 bridgehead atoms. The first-order chi connectivity index (χ1) is 21.1. The fourth-order valence-electron chi connectivity index (χ4n) is 6.45. The minimum absolute atomic E-state index is 0.101.